The molecule has 4 N–H and O–H groups in total. The lowest BCUT2D eigenvalue weighted by Gasteiger charge is -2.19. The number of carbonyl (C=O) groups excluding carboxylic acids is 1. The second kappa shape index (κ2) is 8.46. The van der Waals surface area contributed by atoms with Crippen molar-refractivity contribution in [1.82, 2.24) is 10.3 Å². The molecule has 0 saturated carbocycles. The van der Waals surface area contributed by atoms with Crippen molar-refractivity contribution in [3.8, 4) is 11.5 Å². The predicted molar refractivity (Wildman–Crippen MR) is 116 cm³/mol. The summed E-state index contributed by atoms with van der Waals surface area (Å²) in [5, 5.41) is 23.2. The molecule has 0 saturated heterocycles. The largest absolute Gasteiger partial charge is 0.508 e. The van der Waals surface area contributed by atoms with E-state index in [1.54, 1.807) is 30.5 Å². The van der Waals surface area contributed by atoms with Gasteiger partial charge in [0, 0.05) is 41.0 Å². The molecule has 0 aliphatic rings. The number of aromatic hydroxyl groups is 1. The first-order chi connectivity index (χ1) is 15.3. The van der Waals surface area contributed by atoms with Crippen molar-refractivity contribution >= 4 is 33.7 Å². The maximum absolute atomic E-state index is 12.6. The minimum Gasteiger partial charge on any atom is -0.508 e. The Morgan fingerprint density at radius 3 is 2.72 bits per heavy atom. The van der Waals surface area contributed by atoms with Crippen LogP contribution < -0.4 is 15.7 Å². The van der Waals surface area contributed by atoms with Crippen LogP contribution in [0.4, 0.5) is 0 Å². The number of phenolic OH excluding ortho intramolecular Hbond substituents is 1. The smallest absolute Gasteiger partial charge is 0.336 e. The van der Waals surface area contributed by atoms with Gasteiger partial charge in [0.25, 0.3) is 5.91 Å². The number of aromatic nitrogens is 1. The molecule has 0 aliphatic heterocycles. The summed E-state index contributed by atoms with van der Waals surface area (Å²) in [5.74, 6) is -1.46. The molecule has 0 unspecified atom stereocenters. The molecule has 32 heavy (non-hydrogen) atoms. The van der Waals surface area contributed by atoms with Crippen LogP contribution in [0.5, 0.6) is 11.5 Å². The molecule has 2 atom stereocenters. The normalized spacial score (nSPS) is 13.0. The summed E-state index contributed by atoms with van der Waals surface area (Å²) in [6.07, 6.45) is 0.657. The summed E-state index contributed by atoms with van der Waals surface area (Å²) in [6.45, 7) is 1.49. The summed E-state index contributed by atoms with van der Waals surface area (Å²) in [7, 11) is 0. The van der Waals surface area contributed by atoms with Gasteiger partial charge >= 0.3 is 11.6 Å². The first-order valence-corrected chi connectivity index (χ1v) is 9.83. The van der Waals surface area contributed by atoms with Crippen molar-refractivity contribution in [3.05, 3.63) is 70.7 Å². The van der Waals surface area contributed by atoms with E-state index < -0.39 is 29.6 Å². The molecule has 4 rings (SSSR count). The van der Waals surface area contributed by atoms with Gasteiger partial charge in [0.15, 0.2) is 6.10 Å². The SMILES string of the molecule is C[C@@H](Oc1ccc2ccc(=O)oc2c1)C(=O)N[C@H](Cc1c[nH]c2ccc(O)cc12)C(=O)O. The van der Waals surface area contributed by atoms with Crippen molar-refractivity contribution in [2.24, 2.45) is 0 Å². The zero-order chi connectivity index (χ0) is 22.8. The number of carboxylic acid groups (broad SMARTS) is 1. The summed E-state index contributed by atoms with van der Waals surface area (Å²) >= 11 is 0. The zero-order valence-electron chi connectivity index (χ0n) is 17.0. The van der Waals surface area contributed by atoms with Crippen molar-refractivity contribution in [2.75, 3.05) is 0 Å². The van der Waals surface area contributed by atoms with Gasteiger partial charge in [-0.25, -0.2) is 9.59 Å². The number of nitrogens with one attached hydrogen (secondary N) is 2. The van der Waals surface area contributed by atoms with Crippen molar-refractivity contribution in [3.63, 3.8) is 0 Å². The maximum Gasteiger partial charge on any atom is 0.336 e. The first-order valence-electron chi connectivity index (χ1n) is 9.83. The van der Waals surface area contributed by atoms with E-state index in [9.17, 15) is 24.6 Å². The fourth-order valence-corrected chi connectivity index (χ4v) is 3.42. The van der Waals surface area contributed by atoms with Crippen LogP contribution >= 0.6 is 0 Å². The highest BCUT2D eigenvalue weighted by atomic mass is 16.5. The summed E-state index contributed by atoms with van der Waals surface area (Å²) in [5.41, 5.74) is 1.19. The van der Waals surface area contributed by atoms with E-state index in [-0.39, 0.29) is 12.2 Å². The standard InChI is InChI=1S/C23H20N2O7/c1-12(31-16-5-2-13-3-7-21(27)32-20(13)10-16)22(28)25-19(23(29)30)8-14-11-24-18-6-4-15(26)9-17(14)18/h2-7,9-12,19,24,26H,8H2,1H3,(H,25,28)(H,29,30)/t12-,19-/m1/s1. The Morgan fingerprint density at radius 1 is 1.16 bits per heavy atom. The fourth-order valence-electron chi connectivity index (χ4n) is 3.42. The van der Waals surface area contributed by atoms with E-state index >= 15 is 0 Å². The molecule has 0 fully saturated rings. The van der Waals surface area contributed by atoms with E-state index in [2.05, 4.69) is 10.3 Å². The third-order valence-electron chi connectivity index (χ3n) is 5.07. The van der Waals surface area contributed by atoms with Gasteiger partial charge in [-0.3, -0.25) is 4.79 Å². The van der Waals surface area contributed by atoms with Gasteiger partial charge in [-0.1, -0.05) is 0 Å². The van der Waals surface area contributed by atoms with E-state index in [1.165, 1.54) is 31.2 Å². The molecule has 2 heterocycles. The Bertz CT molecular complexity index is 1370. The monoisotopic (exact) mass is 436 g/mol. The first kappa shape index (κ1) is 21.0. The molecule has 9 heteroatoms. The number of phenols is 1. The third kappa shape index (κ3) is 4.41. The van der Waals surface area contributed by atoms with Gasteiger partial charge in [0.1, 0.15) is 23.1 Å². The number of hydrogen-bond acceptors (Lipinski definition) is 6. The van der Waals surface area contributed by atoms with Gasteiger partial charge < -0.3 is 29.7 Å². The number of H-pyrrole nitrogens is 1. The number of fused-ring (bicyclic) bond motifs is 2. The Kier molecular flexibility index (Phi) is 5.55. The number of benzene rings is 2. The minimum absolute atomic E-state index is 0.0123. The Morgan fingerprint density at radius 2 is 1.94 bits per heavy atom. The van der Waals surface area contributed by atoms with Gasteiger partial charge in [-0.15, -0.1) is 0 Å². The average Bonchev–Trinajstić information content (AvgIpc) is 3.14. The minimum atomic E-state index is -1.20. The molecular weight excluding hydrogens is 416 g/mol. The lowest BCUT2D eigenvalue weighted by Crippen LogP contribution is -2.47. The molecular formula is C23H20N2O7. The van der Waals surface area contributed by atoms with Crippen molar-refractivity contribution in [2.45, 2.75) is 25.5 Å². The summed E-state index contributed by atoms with van der Waals surface area (Å²) in [6, 6.07) is 11.3. The molecule has 2 aromatic carbocycles. The number of aliphatic carboxylic acids is 1. The van der Waals surface area contributed by atoms with Crippen LogP contribution in [-0.4, -0.2) is 39.2 Å². The highest BCUT2D eigenvalue weighted by Crippen LogP contribution is 2.24. The number of carboxylic acids is 1. The maximum atomic E-state index is 12.6. The molecule has 0 bridgehead atoms. The van der Waals surface area contributed by atoms with Crippen LogP contribution in [0.25, 0.3) is 21.9 Å². The van der Waals surface area contributed by atoms with Crippen LogP contribution in [0.3, 0.4) is 0 Å². The molecule has 0 aliphatic carbocycles. The number of carbonyl (C=O) groups is 2. The van der Waals surface area contributed by atoms with Gasteiger partial charge in [-0.05, 0) is 48.9 Å². The van der Waals surface area contributed by atoms with Crippen LogP contribution in [0.15, 0.2) is 63.9 Å². The van der Waals surface area contributed by atoms with E-state index in [0.717, 1.165) is 5.52 Å². The van der Waals surface area contributed by atoms with Crippen LogP contribution in [0.2, 0.25) is 0 Å². The molecule has 164 valence electrons. The van der Waals surface area contributed by atoms with Crippen LogP contribution in [-0.2, 0) is 16.0 Å². The molecule has 2 aromatic heterocycles. The highest BCUT2D eigenvalue weighted by molar-refractivity contribution is 5.88. The van der Waals surface area contributed by atoms with E-state index in [0.29, 0.717) is 27.7 Å². The van der Waals surface area contributed by atoms with Gasteiger partial charge in [0.05, 0.1) is 0 Å². The Hall–Kier alpha value is -4.27. The van der Waals surface area contributed by atoms with Crippen molar-refractivity contribution < 1.29 is 29.0 Å². The van der Waals surface area contributed by atoms with Crippen molar-refractivity contribution in [1.29, 1.82) is 0 Å². The van der Waals surface area contributed by atoms with Gasteiger partial charge in [0.2, 0.25) is 0 Å². The van der Waals surface area contributed by atoms with Crippen LogP contribution in [0, 0.1) is 0 Å². The average molecular weight is 436 g/mol. The zero-order valence-corrected chi connectivity index (χ0v) is 17.0. The summed E-state index contributed by atoms with van der Waals surface area (Å²) in [4.78, 5) is 38.8. The number of amides is 1. The molecule has 0 radical (unpaired) electrons. The quantitative estimate of drug-likeness (QED) is 0.326. The number of aromatic amines is 1. The molecule has 1 amide bonds. The second-order valence-corrected chi connectivity index (χ2v) is 7.36. The third-order valence-corrected chi connectivity index (χ3v) is 5.07. The fraction of sp³-hybridized carbons (Fsp3) is 0.174. The number of ether oxygens (including phenoxy) is 1. The molecule has 0 spiro atoms. The predicted octanol–water partition coefficient (Wildman–Crippen LogP) is 2.56. The topological polar surface area (TPSA) is 142 Å². The van der Waals surface area contributed by atoms with E-state index in [4.69, 9.17) is 9.15 Å². The van der Waals surface area contributed by atoms with E-state index in [1.807, 2.05) is 0 Å². The Labute approximate surface area is 181 Å². The number of hydrogen-bond donors (Lipinski definition) is 4. The Balaban J connectivity index is 1.47. The molecule has 9 nitrogen and oxygen atoms in total. The summed E-state index contributed by atoms with van der Waals surface area (Å²) < 4.78 is 10.7. The lowest BCUT2D eigenvalue weighted by molar-refractivity contribution is -0.142. The highest BCUT2D eigenvalue weighted by Gasteiger charge is 2.25. The second-order valence-electron chi connectivity index (χ2n) is 7.36. The number of rotatable bonds is 7. The lowest BCUT2D eigenvalue weighted by atomic mass is 10.0. The van der Waals surface area contributed by atoms with Crippen LogP contribution in [0.1, 0.15) is 12.5 Å². The van der Waals surface area contributed by atoms with Gasteiger partial charge in [-0.2, -0.15) is 0 Å². The molecule has 4 aromatic rings.